The quantitative estimate of drug-likeness (QED) is 0.741. The Labute approximate surface area is 98.6 Å². The third-order valence-electron chi connectivity index (χ3n) is 3.45. The maximum absolute atomic E-state index is 3.77. The minimum Gasteiger partial charge on any atom is -0.311 e. The van der Waals surface area contributed by atoms with Gasteiger partial charge in [-0.2, -0.15) is 0 Å². The molecule has 0 amide bonds. The molecule has 1 fully saturated rings. The molecule has 0 saturated heterocycles. The first kappa shape index (κ1) is 11.4. The van der Waals surface area contributed by atoms with Gasteiger partial charge in [0.2, 0.25) is 0 Å². The molecule has 1 N–H and O–H groups in total. The van der Waals surface area contributed by atoms with E-state index in [2.05, 4.69) is 49.2 Å². The van der Waals surface area contributed by atoms with Crippen LogP contribution in [0, 0.1) is 0 Å². The van der Waals surface area contributed by atoms with Gasteiger partial charge in [-0.3, -0.25) is 0 Å². The van der Waals surface area contributed by atoms with Crippen LogP contribution in [0.15, 0.2) is 43.0 Å². The third kappa shape index (κ3) is 2.73. The van der Waals surface area contributed by atoms with E-state index in [0.29, 0.717) is 12.1 Å². The molecule has 2 rings (SSSR count). The lowest BCUT2D eigenvalue weighted by molar-refractivity contribution is 0.270. The fourth-order valence-electron chi connectivity index (χ4n) is 2.47. The van der Waals surface area contributed by atoms with Gasteiger partial charge in [0.05, 0.1) is 0 Å². The Hall–Kier alpha value is -1.08. The summed E-state index contributed by atoms with van der Waals surface area (Å²) in [5, 5.41) is 3.65. The van der Waals surface area contributed by atoms with Crippen molar-refractivity contribution in [2.45, 2.75) is 44.2 Å². The van der Waals surface area contributed by atoms with Gasteiger partial charge in [-0.15, -0.1) is 6.58 Å². The van der Waals surface area contributed by atoms with E-state index >= 15 is 0 Å². The monoisotopic (exact) mass is 215 g/mol. The summed E-state index contributed by atoms with van der Waals surface area (Å²) in [6.07, 6.45) is 5.62. The zero-order valence-corrected chi connectivity index (χ0v) is 10.0. The highest BCUT2D eigenvalue weighted by Gasteiger charge is 2.30. The lowest BCUT2D eigenvalue weighted by Crippen LogP contribution is -2.44. The number of hydrogen-bond donors (Lipinski definition) is 1. The molecule has 1 nitrogen and oxygen atoms in total. The van der Waals surface area contributed by atoms with E-state index in [9.17, 15) is 0 Å². The molecule has 1 aromatic rings. The standard InChI is InChI=1S/C15H21N/c1-3-7-12(2)16-15-10-14(11-15)13-8-5-4-6-9-13/h3-6,8-9,12,14-16H,1,7,10-11H2,2H3. The molecule has 1 unspecified atom stereocenters. The first-order chi connectivity index (χ1) is 7.79. The van der Waals surface area contributed by atoms with Crippen LogP contribution in [-0.4, -0.2) is 12.1 Å². The van der Waals surface area contributed by atoms with Crippen molar-refractivity contribution in [3.8, 4) is 0 Å². The van der Waals surface area contributed by atoms with Gasteiger partial charge in [-0.25, -0.2) is 0 Å². The second-order valence-electron chi connectivity index (χ2n) is 4.87. The predicted octanol–water partition coefficient (Wildman–Crippen LogP) is 3.49. The normalized spacial score (nSPS) is 25.8. The molecule has 0 aliphatic heterocycles. The van der Waals surface area contributed by atoms with Crippen molar-refractivity contribution in [3.05, 3.63) is 48.6 Å². The number of hydrogen-bond acceptors (Lipinski definition) is 1. The van der Waals surface area contributed by atoms with Gasteiger partial charge in [-0.1, -0.05) is 36.4 Å². The van der Waals surface area contributed by atoms with Gasteiger partial charge in [0.15, 0.2) is 0 Å². The van der Waals surface area contributed by atoms with Gasteiger partial charge in [-0.05, 0) is 37.7 Å². The van der Waals surface area contributed by atoms with E-state index in [1.165, 1.54) is 18.4 Å². The molecule has 0 heterocycles. The van der Waals surface area contributed by atoms with Crippen molar-refractivity contribution in [2.24, 2.45) is 0 Å². The largest absolute Gasteiger partial charge is 0.311 e. The summed E-state index contributed by atoms with van der Waals surface area (Å²) < 4.78 is 0. The minimum atomic E-state index is 0.569. The molecule has 1 aliphatic carbocycles. The van der Waals surface area contributed by atoms with E-state index < -0.39 is 0 Å². The van der Waals surface area contributed by atoms with Crippen LogP contribution < -0.4 is 5.32 Å². The minimum absolute atomic E-state index is 0.569. The molecule has 1 aromatic carbocycles. The topological polar surface area (TPSA) is 12.0 Å². The van der Waals surface area contributed by atoms with Gasteiger partial charge >= 0.3 is 0 Å². The summed E-state index contributed by atoms with van der Waals surface area (Å²) >= 11 is 0. The Balaban J connectivity index is 1.76. The van der Waals surface area contributed by atoms with E-state index in [0.717, 1.165) is 12.3 Å². The summed E-state index contributed by atoms with van der Waals surface area (Å²) in [7, 11) is 0. The number of benzene rings is 1. The fourth-order valence-corrected chi connectivity index (χ4v) is 2.47. The molecule has 1 aliphatic rings. The maximum atomic E-state index is 3.77. The highest BCUT2D eigenvalue weighted by molar-refractivity contribution is 5.22. The van der Waals surface area contributed by atoms with Crippen LogP contribution in [0.5, 0.6) is 0 Å². The molecule has 0 radical (unpaired) electrons. The Morgan fingerprint density at radius 1 is 1.38 bits per heavy atom. The van der Waals surface area contributed by atoms with Crippen LogP contribution in [0.2, 0.25) is 0 Å². The zero-order chi connectivity index (χ0) is 11.4. The Morgan fingerprint density at radius 2 is 2.06 bits per heavy atom. The lowest BCUT2D eigenvalue weighted by atomic mass is 9.75. The van der Waals surface area contributed by atoms with Crippen LogP contribution in [0.25, 0.3) is 0 Å². The molecule has 86 valence electrons. The van der Waals surface area contributed by atoms with Crippen molar-refractivity contribution >= 4 is 0 Å². The van der Waals surface area contributed by atoms with Crippen LogP contribution >= 0.6 is 0 Å². The van der Waals surface area contributed by atoms with Crippen LogP contribution in [0.1, 0.15) is 37.7 Å². The molecule has 0 spiro atoms. The van der Waals surface area contributed by atoms with Crippen molar-refractivity contribution in [1.29, 1.82) is 0 Å². The average molecular weight is 215 g/mol. The second-order valence-corrected chi connectivity index (χ2v) is 4.87. The summed E-state index contributed by atoms with van der Waals surface area (Å²) in [6.45, 7) is 6.01. The molecular weight excluding hydrogens is 194 g/mol. The van der Waals surface area contributed by atoms with E-state index in [4.69, 9.17) is 0 Å². The predicted molar refractivity (Wildman–Crippen MR) is 69.6 cm³/mol. The SMILES string of the molecule is C=CCC(C)NC1CC(c2ccccc2)C1. The third-order valence-corrected chi connectivity index (χ3v) is 3.45. The number of nitrogens with one attached hydrogen (secondary N) is 1. The van der Waals surface area contributed by atoms with E-state index in [1.807, 2.05) is 6.08 Å². The molecule has 1 atom stereocenters. The van der Waals surface area contributed by atoms with E-state index in [1.54, 1.807) is 0 Å². The molecule has 1 heteroatoms. The van der Waals surface area contributed by atoms with Crippen LogP contribution in [-0.2, 0) is 0 Å². The number of rotatable bonds is 5. The van der Waals surface area contributed by atoms with Crippen molar-refractivity contribution in [3.63, 3.8) is 0 Å². The van der Waals surface area contributed by atoms with Gasteiger partial charge in [0, 0.05) is 12.1 Å². The molecule has 1 saturated carbocycles. The van der Waals surface area contributed by atoms with Crippen molar-refractivity contribution < 1.29 is 0 Å². The summed E-state index contributed by atoms with van der Waals surface area (Å²) in [6, 6.07) is 12.1. The van der Waals surface area contributed by atoms with Gasteiger partial charge < -0.3 is 5.32 Å². The average Bonchev–Trinajstić information content (AvgIpc) is 2.24. The Bertz CT molecular complexity index is 325. The fraction of sp³-hybridized carbons (Fsp3) is 0.467. The molecule has 16 heavy (non-hydrogen) atoms. The summed E-state index contributed by atoms with van der Waals surface area (Å²) in [5.74, 6) is 0.773. The van der Waals surface area contributed by atoms with Gasteiger partial charge in [0.25, 0.3) is 0 Å². The zero-order valence-electron chi connectivity index (χ0n) is 10.0. The highest BCUT2D eigenvalue weighted by Crippen LogP contribution is 2.36. The summed E-state index contributed by atoms with van der Waals surface area (Å²) in [4.78, 5) is 0. The smallest absolute Gasteiger partial charge is 0.00813 e. The first-order valence-corrected chi connectivity index (χ1v) is 6.21. The van der Waals surface area contributed by atoms with E-state index in [-0.39, 0.29) is 0 Å². The Morgan fingerprint density at radius 3 is 2.69 bits per heavy atom. The molecule has 0 bridgehead atoms. The van der Waals surface area contributed by atoms with Gasteiger partial charge in [0.1, 0.15) is 0 Å². The molecular formula is C15H21N. The van der Waals surface area contributed by atoms with Crippen molar-refractivity contribution in [2.75, 3.05) is 0 Å². The van der Waals surface area contributed by atoms with Crippen LogP contribution in [0.4, 0.5) is 0 Å². The Kier molecular flexibility index (Phi) is 3.79. The summed E-state index contributed by atoms with van der Waals surface area (Å²) in [5.41, 5.74) is 1.50. The first-order valence-electron chi connectivity index (χ1n) is 6.21. The molecule has 0 aromatic heterocycles. The van der Waals surface area contributed by atoms with Crippen LogP contribution in [0.3, 0.4) is 0 Å². The lowest BCUT2D eigenvalue weighted by Gasteiger charge is -2.38. The second kappa shape index (κ2) is 5.31. The van der Waals surface area contributed by atoms with Crippen molar-refractivity contribution in [1.82, 2.24) is 5.32 Å². The maximum Gasteiger partial charge on any atom is 0.00813 e. The highest BCUT2D eigenvalue weighted by atomic mass is 15.0.